The first-order valence-corrected chi connectivity index (χ1v) is 14.8. The Bertz CT molecular complexity index is 1720. The lowest BCUT2D eigenvalue weighted by molar-refractivity contribution is 0.803. The second-order valence-corrected chi connectivity index (χ2v) is 12.3. The van der Waals surface area contributed by atoms with Gasteiger partial charge in [0.25, 0.3) is 0 Å². The quantitative estimate of drug-likeness (QED) is 0.236. The highest BCUT2D eigenvalue weighted by Crippen LogP contribution is 2.42. The van der Waals surface area contributed by atoms with E-state index in [2.05, 4.69) is 137 Å². The molecule has 0 saturated heterocycles. The van der Waals surface area contributed by atoms with Crippen molar-refractivity contribution in [3.05, 3.63) is 110 Å². The van der Waals surface area contributed by atoms with Crippen molar-refractivity contribution in [1.82, 2.24) is 21.0 Å². The van der Waals surface area contributed by atoms with E-state index in [9.17, 15) is 0 Å². The molecule has 0 atom stereocenters. The molecular weight excluding hydrogens is 516 g/mol. The molecule has 0 spiro atoms. The topological polar surface area (TPSA) is 59.2 Å². The Morgan fingerprint density at radius 3 is 1.36 bits per heavy atom. The molecule has 2 aliphatic rings. The van der Waals surface area contributed by atoms with Gasteiger partial charge >= 0.3 is 0 Å². The molecule has 3 heterocycles. The summed E-state index contributed by atoms with van der Waals surface area (Å²) in [4.78, 5) is 0. The van der Waals surface area contributed by atoms with Crippen molar-refractivity contribution < 1.29 is 0 Å². The maximum Gasteiger partial charge on any atom is 0.195 e. The molecule has 6 heteroatoms. The van der Waals surface area contributed by atoms with Gasteiger partial charge in [0.15, 0.2) is 5.82 Å². The molecule has 6 rings (SSSR count). The van der Waals surface area contributed by atoms with Crippen LogP contribution >= 0.6 is 0 Å². The lowest BCUT2D eigenvalue weighted by atomic mass is 9.96. The maximum absolute atomic E-state index is 4.96. The number of aromatic amines is 1. The van der Waals surface area contributed by atoms with Crippen LogP contribution in [0.1, 0.15) is 61.2 Å². The normalized spacial score (nSPS) is 14.7. The van der Waals surface area contributed by atoms with Crippen LogP contribution in [0.25, 0.3) is 22.7 Å². The first-order valence-electron chi connectivity index (χ1n) is 14.8. The van der Waals surface area contributed by atoms with Gasteiger partial charge in [0.05, 0.1) is 30.2 Å². The molecule has 4 aromatic rings. The van der Waals surface area contributed by atoms with Crippen LogP contribution in [0, 0.1) is 62.3 Å². The van der Waals surface area contributed by atoms with E-state index >= 15 is 0 Å². The van der Waals surface area contributed by atoms with Crippen molar-refractivity contribution in [2.24, 2.45) is 0 Å². The van der Waals surface area contributed by atoms with Gasteiger partial charge in [-0.2, -0.15) is 5.10 Å². The van der Waals surface area contributed by atoms with E-state index in [1.54, 1.807) is 0 Å². The molecular formula is C36H42N6. The van der Waals surface area contributed by atoms with Crippen LogP contribution < -0.4 is 20.9 Å². The number of nitrogens with one attached hydrogen (secondary N) is 3. The largest absolute Gasteiger partial charge is 0.298 e. The number of nitrogens with zero attached hydrogens (tertiary/aromatic N) is 3. The number of anilines is 2. The number of hydrogen-bond donors (Lipinski definition) is 3. The summed E-state index contributed by atoms with van der Waals surface area (Å²) in [6.07, 6.45) is 4.56. The van der Waals surface area contributed by atoms with Crippen molar-refractivity contribution >= 4 is 22.9 Å². The third-order valence-corrected chi connectivity index (χ3v) is 8.53. The molecule has 1 aromatic heterocycles. The number of rotatable bonds is 5. The monoisotopic (exact) mass is 558 g/mol. The zero-order valence-electron chi connectivity index (χ0n) is 26.4. The molecule has 0 aliphatic carbocycles. The third kappa shape index (κ3) is 4.75. The zero-order valence-corrected chi connectivity index (χ0v) is 26.4. The summed E-state index contributed by atoms with van der Waals surface area (Å²) in [7, 11) is 0. The molecule has 0 saturated carbocycles. The van der Waals surface area contributed by atoms with Crippen molar-refractivity contribution in [3.8, 4) is 11.3 Å². The van der Waals surface area contributed by atoms with Gasteiger partial charge in [-0.05, 0) is 108 Å². The molecule has 216 valence electrons. The molecule has 3 N–H and O–H groups in total. The Morgan fingerprint density at radius 2 is 0.905 bits per heavy atom. The van der Waals surface area contributed by atoms with Gasteiger partial charge in [0, 0.05) is 16.7 Å². The predicted octanol–water partition coefficient (Wildman–Crippen LogP) is 7.58. The lowest BCUT2D eigenvalue weighted by Crippen LogP contribution is -2.37. The van der Waals surface area contributed by atoms with E-state index < -0.39 is 0 Å². The second-order valence-electron chi connectivity index (χ2n) is 12.3. The minimum Gasteiger partial charge on any atom is -0.298 e. The van der Waals surface area contributed by atoms with E-state index in [0.717, 1.165) is 41.7 Å². The molecule has 0 amide bonds. The summed E-state index contributed by atoms with van der Waals surface area (Å²) in [6, 6.07) is 13.5. The summed E-state index contributed by atoms with van der Waals surface area (Å²) >= 11 is 0. The fourth-order valence-corrected chi connectivity index (χ4v) is 7.17. The van der Waals surface area contributed by atoms with Crippen molar-refractivity contribution in [1.29, 1.82) is 0 Å². The number of hydrazine groups is 2. The first kappa shape index (κ1) is 27.7. The molecule has 0 bridgehead atoms. The summed E-state index contributed by atoms with van der Waals surface area (Å²) in [6.45, 7) is 21.1. The lowest BCUT2D eigenvalue weighted by Gasteiger charge is -2.27. The molecule has 0 radical (unpaired) electrons. The summed E-state index contributed by atoms with van der Waals surface area (Å²) in [5.41, 5.74) is 27.0. The third-order valence-electron chi connectivity index (χ3n) is 8.53. The number of hydrogen-bond acceptors (Lipinski definition) is 5. The minimum absolute atomic E-state index is 0.718. The van der Waals surface area contributed by atoms with E-state index in [-0.39, 0.29) is 0 Å². The molecule has 2 aliphatic heterocycles. The average molecular weight is 559 g/mol. The first-order chi connectivity index (χ1) is 20.0. The van der Waals surface area contributed by atoms with E-state index in [0.29, 0.717) is 0 Å². The zero-order chi connectivity index (χ0) is 29.9. The Morgan fingerprint density at radius 1 is 0.524 bits per heavy atom. The Hall–Kier alpha value is -4.45. The molecule has 42 heavy (non-hydrogen) atoms. The predicted molar refractivity (Wildman–Crippen MR) is 176 cm³/mol. The fourth-order valence-electron chi connectivity index (χ4n) is 7.17. The summed E-state index contributed by atoms with van der Waals surface area (Å²) in [5, 5.41) is 12.8. The van der Waals surface area contributed by atoms with Gasteiger partial charge in [-0.3, -0.25) is 26.0 Å². The number of aromatic nitrogens is 2. The van der Waals surface area contributed by atoms with Crippen LogP contribution in [0.3, 0.4) is 0 Å². The standard InChI is InChI=1S/C36H42N6/c1-20-14-23(4)31(24(5)15-20)29-10-12-41(39-29)35-34(33-27(8)18-22(3)19-28(33)9)37-38-36(35)42-13-11-30(40-42)32-25(6)16-21(2)17-26(32)7/h10-11,14-19,39-40H,12-13H2,1-9H3,(H,37,38). The van der Waals surface area contributed by atoms with Crippen molar-refractivity contribution in [2.75, 3.05) is 23.1 Å². The minimum atomic E-state index is 0.718. The van der Waals surface area contributed by atoms with Crippen molar-refractivity contribution in [3.63, 3.8) is 0 Å². The van der Waals surface area contributed by atoms with Crippen LogP contribution in [-0.4, -0.2) is 23.3 Å². The van der Waals surface area contributed by atoms with E-state index in [4.69, 9.17) is 5.10 Å². The van der Waals surface area contributed by atoms with Gasteiger partial charge < -0.3 is 0 Å². The Balaban J connectivity index is 1.40. The average Bonchev–Trinajstić information content (AvgIpc) is 3.62. The van der Waals surface area contributed by atoms with Crippen LogP contribution in [0.4, 0.5) is 11.5 Å². The molecule has 0 unspecified atom stereocenters. The highest BCUT2D eigenvalue weighted by Gasteiger charge is 2.31. The molecule has 0 fully saturated rings. The van der Waals surface area contributed by atoms with Gasteiger partial charge in [-0.15, -0.1) is 0 Å². The molecule has 6 nitrogen and oxygen atoms in total. The van der Waals surface area contributed by atoms with E-state index in [1.165, 1.54) is 66.8 Å². The van der Waals surface area contributed by atoms with Gasteiger partial charge in [-0.1, -0.05) is 53.1 Å². The van der Waals surface area contributed by atoms with E-state index in [1.807, 2.05) is 0 Å². The second kappa shape index (κ2) is 10.4. The number of H-pyrrole nitrogens is 1. The maximum atomic E-state index is 4.96. The van der Waals surface area contributed by atoms with Crippen LogP contribution in [0.5, 0.6) is 0 Å². The smallest absolute Gasteiger partial charge is 0.195 e. The highest BCUT2D eigenvalue weighted by molar-refractivity contribution is 5.90. The van der Waals surface area contributed by atoms with Crippen LogP contribution in [-0.2, 0) is 0 Å². The fraction of sp³-hybridized carbons (Fsp3) is 0.306. The summed E-state index contributed by atoms with van der Waals surface area (Å²) in [5.74, 6) is 0.873. The summed E-state index contributed by atoms with van der Waals surface area (Å²) < 4.78 is 0. The van der Waals surface area contributed by atoms with Crippen LogP contribution in [0.15, 0.2) is 48.6 Å². The van der Waals surface area contributed by atoms with Gasteiger partial charge in [0.2, 0.25) is 0 Å². The Kier molecular flexibility index (Phi) is 6.88. The molecule has 3 aromatic carbocycles. The number of benzene rings is 3. The number of aryl methyl sites for hydroxylation is 9. The SMILES string of the molecule is Cc1cc(C)c(C2=CCN(c3n[nH]c(-c4c(C)cc(C)cc4C)c3N3CC=C(c4c(C)cc(C)cc4C)N3)N2)c(C)c1. The highest BCUT2D eigenvalue weighted by atomic mass is 15.6. The van der Waals surface area contributed by atoms with Crippen molar-refractivity contribution in [2.45, 2.75) is 62.3 Å². The van der Waals surface area contributed by atoms with Gasteiger partial charge in [0.1, 0.15) is 5.69 Å². The Labute approximate surface area is 250 Å². The van der Waals surface area contributed by atoms with Crippen LogP contribution in [0.2, 0.25) is 0 Å². The van der Waals surface area contributed by atoms with Gasteiger partial charge in [-0.25, -0.2) is 0 Å².